The fourth-order valence-corrected chi connectivity index (χ4v) is 1.61. The molecule has 1 heterocycles. The summed E-state index contributed by atoms with van der Waals surface area (Å²) in [6.45, 7) is 1.83. The molecule has 0 saturated heterocycles. The van der Waals surface area contributed by atoms with E-state index < -0.39 is 0 Å². The highest BCUT2D eigenvalue weighted by Gasteiger charge is 2.09. The monoisotopic (exact) mass is 256 g/mol. The highest BCUT2D eigenvalue weighted by atomic mass is 16.2. The van der Waals surface area contributed by atoms with Gasteiger partial charge in [0.1, 0.15) is 18.9 Å². The van der Waals surface area contributed by atoms with Crippen molar-refractivity contribution in [3.05, 3.63) is 35.9 Å². The second-order valence-electron chi connectivity index (χ2n) is 3.96. The first-order valence-electron chi connectivity index (χ1n) is 5.54. The molecule has 0 fully saturated rings. The van der Waals surface area contributed by atoms with Crippen LogP contribution in [0.5, 0.6) is 0 Å². The number of rotatable bonds is 3. The standard InChI is InChI=1S/C12H12N6O/c1-8-3-2-4-9(14)12(8)16-11(19)6-18-7-15-10(5-13)17-18/h2-4,7H,6,14H2,1H3,(H,16,19). The zero-order chi connectivity index (χ0) is 13.8. The topological polar surface area (TPSA) is 110 Å². The van der Waals surface area contributed by atoms with Crippen molar-refractivity contribution < 1.29 is 4.79 Å². The van der Waals surface area contributed by atoms with E-state index >= 15 is 0 Å². The van der Waals surface area contributed by atoms with E-state index in [1.165, 1.54) is 11.0 Å². The molecule has 0 bridgehead atoms. The Morgan fingerprint density at radius 3 is 3.00 bits per heavy atom. The van der Waals surface area contributed by atoms with E-state index in [1.807, 2.05) is 19.1 Å². The Morgan fingerprint density at radius 1 is 1.58 bits per heavy atom. The number of nitrogens with two attached hydrogens (primary N) is 1. The van der Waals surface area contributed by atoms with Crippen LogP contribution in [0.15, 0.2) is 24.5 Å². The molecule has 0 aliphatic rings. The Bertz CT molecular complexity index is 634. The van der Waals surface area contributed by atoms with Gasteiger partial charge in [-0.25, -0.2) is 9.67 Å². The summed E-state index contributed by atoms with van der Waals surface area (Å²) in [4.78, 5) is 15.6. The number of carbonyl (C=O) groups excluding carboxylic acids is 1. The van der Waals surface area contributed by atoms with Gasteiger partial charge in [-0.1, -0.05) is 12.1 Å². The number of carbonyl (C=O) groups is 1. The molecule has 3 N–H and O–H groups in total. The number of nitrogens with one attached hydrogen (secondary N) is 1. The van der Waals surface area contributed by atoms with Gasteiger partial charge in [-0.15, -0.1) is 5.10 Å². The molecule has 0 aliphatic carbocycles. The molecule has 2 rings (SSSR count). The first kappa shape index (κ1) is 12.6. The van der Waals surface area contributed by atoms with Gasteiger partial charge < -0.3 is 11.1 Å². The van der Waals surface area contributed by atoms with Gasteiger partial charge in [-0.05, 0) is 18.6 Å². The number of nitrogens with zero attached hydrogens (tertiary/aromatic N) is 4. The Hall–Kier alpha value is -2.88. The van der Waals surface area contributed by atoms with E-state index in [0.717, 1.165) is 5.56 Å². The fraction of sp³-hybridized carbons (Fsp3) is 0.167. The molecule has 0 unspecified atom stereocenters. The Balaban J connectivity index is 2.08. The van der Waals surface area contributed by atoms with Crippen molar-refractivity contribution in [3.63, 3.8) is 0 Å². The highest BCUT2D eigenvalue weighted by molar-refractivity contribution is 5.94. The van der Waals surface area contributed by atoms with Gasteiger partial charge in [0.05, 0.1) is 11.4 Å². The number of anilines is 2. The Labute approximate surface area is 109 Å². The van der Waals surface area contributed by atoms with Crippen LogP contribution in [0.2, 0.25) is 0 Å². The van der Waals surface area contributed by atoms with Crippen molar-refractivity contribution in [2.75, 3.05) is 11.1 Å². The molecule has 0 saturated carbocycles. The fourth-order valence-electron chi connectivity index (χ4n) is 1.61. The first-order chi connectivity index (χ1) is 9.10. The molecule has 96 valence electrons. The summed E-state index contributed by atoms with van der Waals surface area (Å²) in [5, 5.41) is 15.1. The van der Waals surface area contributed by atoms with Crippen LogP contribution in [0.25, 0.3) is 0 Å². The smallest absolute Gasteiger partial charge is 0.252 e. The van der Waals surface area contributed by atoms with E-state index in [-0.39, 0.29) is 18.3 Å². The average Bonchev–Trinajstić information content (AvgIpc) is 2.81. The summed E-state index contributed by atoms with van der Waals surface area (Å²) in [6, 6.07) is 7.18. The van der Waals surface area contributed by atoms with Crippen LogP contribution in [0.3, 0.4) is 0 Å². The number of aromatic nitrogens is 3. The largest absolute Gasteiger partial charge is 0.397 e. The van der Waals surface area contributed by atoms with Crippen LogP contribution in [-0.2, 0) is 11.3 Å². The maximum absolute atomic E-state index is 11.8. The first-order valence-corrected chi connectivity index (χ1v) is 5.54. The van der Waals surface area contributed by atoms with Gasteiger partial charge in [-0.3, -0.25) is 4.79 Å². The van der Waals surface area contributed by atoms with Gasteiger partial charge in [0, 0.05) is 0 Å². The molecule has 19 heavy (non-hydrogen) atoms. The molecule has 1 aromatic heterocycles. The Morgan fingerprint density at radius 2 is 2.37 bits per heavy atom. The number of nitrogen functional groups attached to an aromatic ring is 1. The van der Waals surface area contributed by atoms with Crippen LogP contribution in [0, 0.1) is 18.3 Å². The van der Waals surface area contributed by atoms with E-state index in [0.29, 0.717) is 11.4 Å². The molecule has 0 aliphatic heterocycles. The van der Waals surface area contributed by atoms with Gasteiger partial charge in [0.25, 0.3) is 5.82 Å². The number of para-hydroxylation sites is 1. The Kier molecular flexibility index (Phi) is 3.43. The zero-order valence-electron chi connectivity index (χ0n) is 10.3. The predicted octanol–water partition coefficient (Wildman–Crippen LogP) is 0.679. The van der Waals surface area contributed by atoms with Crippen molar-refractivity contribution in [2.24, 2.45) is 0 Å². The van der Waals surface area contributed by atoms with Gasteiger partial charge in [-0.2, -0.15) is 5.26 Å². The van der Waals surface area contributed by atoms with E-state index in [4.69, 9.17) is 11.0 Å². The van der Waals surface area contributed by atoms with Crippen LogP contribution in [-0.4, -0.2) is 20.7 Å². The van der Waals surface area contributed by atoms with Gasteiger partial charge in [0.2, 0.25) is 5.91 Å². The quantitative estimate of drug-likeness (QED) is 0.785. The summed E-state index contributed by atoms with van der Waals surface area (Å²) in [5.74, 6) is -0.251. The summed E-state index contributed by atoms with van der Waals surface area (Å²) < 4.78 is 1.29. The zero-order valence-corrected chi connectivity index (χ0v) is 10.3. The predicted molar refractivity (Wildman–Crippen MR) is 69.0 cm³/mol. The molecule has 1 aromatic carbocycles. The number of nitriles is 1. The van der Waals surface area contributed by atoms with Crippen molar-refractivity contribution in [1.29, 1.82) is 5.26 Å². The molecule has 0 spiro atoms. The maximum Gasteiger partial charge on any atom is 0.252 e. The molecule has 1 amide bonds. The van der Waals surface area contributed by atoms with Crippen LogP contribution in [0.1, 0.15) is 11.4 Å². The van der Waals surface area contributed by atoms with Crippen molar-refractivity contribution in [1.82, 2.24) is 14.8 Å². The molecular weight excluding hydrogens is 244 g/mol. The highest BCUT2D eigenvalue weighted by Crippen LogP contribution is 2.22. The molecule has 7 heteroatoms. The number of benzene rings is 1. The van der Waals surface area contributed by atoms with E-state index in [2.05, 4.69) is 15.4 Å². The second kappa shape index (κ2) is 5.18. The minimum Gasteiger partial charge on any atom is -0.397 e. The van der Waals surface area contributed by atoms with E-state index in [9.17, 15) is 4.79 Å². The van der Waals surface area contributed by atoms with Crippen LogP contribution >= 0.6 is 0 Å². The lowest BCUT2D eigenvalue weighted by atomic mass is 10.1. The molecular formula is C12H12N6O. The normalized spacial score (nSPS) is 9.89. The van der Waals surface area contributed by atoms with Crippen molar-refractivity contribution >= 4 is 17.3 Å². The second-order valence-corrected chi connectivity index (χ2v) is 3.96. The van der Waals surface area contributed by atoms with Gasteiger partial charge in [0.15, 0.2) is 0 Å². The summed E-state index contributed by atoms with van der Waals surface area (Å²) >= 11 is 0. The molecule has 0 radical (unpaired) electrons. The van der Waals surface area contributed by atoms with Crippen LogP contribution < -0.4 is 11.1 Å². The third kappa shape index (κ3) is 2.87. The number of hydrogen-bond donors (Lipinski definition) is 2. The van der Waals surface area contributed by atoms with Gasteiger partial charge >= 0.3 is 0 Å². The minimum absolute atomic E-state index is 0.0253. The third-order valence-electron chi connectivity index (χ3n) is 2.51. The van der Waals surface area contributed by atoms with E-state index in [1.54, 1.807) is 12.1 Å². The maximum atomic E-state index is 11.8. The summed E-state index contributed by atoms with van der Waals surface area (Å²) in [6.07, 6.45) is 1.33. The lowest BCUT2D eigenvalue weighted by Crippen LogP contribution is -2.20. The SMILES string of the molecule is Cc1cccc(N)c1NC(=O)Cn1cnc(C#N)n1. The molecule has 0 atom stereocenters. The summed E-state index contributed by atoms with van der Waals surface area (Å²) in [5.41, 5.74) is 7.77. The number of aryl methyl sites for hydroxylation is 1. The van der Waals surface area contributed by atoms with Crippen molar-refractivity contribution in [2.45, 2.75) is 13.5 Å². The minimum atomic E-state index is -0.282. The number of hydrogen-bond acceptors (Lipinski definition) is 5. The van der Waals surface area contributed by atoms with Crippen molar-refractivity contribution in [3.8, 4) is 6.07 Å². The molecule has 2 aromatic rings. The molecule has 7 nitrogen and oxygen atoms in total. The number of amides is 1. The van der Waals surface area contributed by atoms with Crippen LogP contribution in [0.4, 0.5) is 11.4 Å². The average molecular weight is 256 g/mol. The lowest BCUT2D eigenvalue weighted by Gasteiger charge is -2.10. The summed E-state index contributed by atoms with van der Waals surface area (Å²) in [7, 11) is 0. The lowest BCUT2D eigenvalue weighted by molar-refractivity contribution is -0.116. The third-order valence-corrected chi connectivity index (χ3v) is 2.51.